The molecule has 3 N–H and O–H groups in total. The average molecular weight is 449 g/mol. The second-order valence-corrected chi connectivity index (χ2v) is 9.20. The Balaban J connectivity index is 1.60. The van der Waals surface area contributed by atoms with Gasteiger partial charge in [-0.25, -0.2) is 4.52 Å². The van der Waals surface area contributed by atoms with E-state index >= 15 is 0 Å². The molecule has 33 heavy (non-hydrogen) atoms. The molecule has 0 saturated heterocycles. The maximum atomic E-state index is 13.3. The van der Waals surface area contributed by atoms with Gasteiger partial charge in [0.25, 0.3) is 5.91 Å². The molecule has 4 rings (SSSR count). The summed E-state index contributed by atoms with van der Waals surface area (Å²) < 4.78 is 1.81. The summed E-state index contributed by atoms with van der Waals surface area (Å²) in [5.74, 6) is -0.129. The standard InChI is InChI=1S/C25H32N6O2/c1-15(2)28-24-22(25(33)30-20-7-5-19(6-8-20)29-17(4)32)13-27-31-14-18(11-23(24)31)21-12-26-10-9-16(21)3/h9-15,19-20,28H,5-8H2,1-4H3,(H,29,32)(H,30,33). The van der Waals surface area contributed by atoms with Crippen LogP contribution in [0.15, 0.2) is 36.9 Å². The van der Waals surface area contributed by atoms with Crippen LogP contribution in [0.1, 0.15) is 62.4 Å². The summed E-state index contributed by atoms with van der Waals surface area (Å²) >= 11 is 0. The molecule has 3 aromatic rings. The Bertz CT molecular complexity index is 1160. The van der Waals surface area contributed by atoms with Gasteiger partial charge in [-0.1, -0.05) is 0 Å². The summed E-state index contributed by atoms with van der Waals surface area (Å²) in [7, 11) is 0. The number of hydrogen-bond acceptors (Lipinski definition) is 5. The van der Waals surface area contributed by atoms with E-state index in [4.69, 9.17) is 0 Å². The molecule has 2 amide bonds. The molecule has 1 aliphatic rings. The molecule has 3 aromatic heterocycles. The van der Waals surface area contributed by atoms with Crippen LogP contribution >= 0.6 is 0 Å². The number of anilines is 1. The van der Waals surface area contributed by atoms with Crippen LogP contribution in [-0.2, 0) is 4.79 Å². The van der Waals surface area contributed by atoms with E-state index in [1.807, 2.05) is 23.0 Å². The predicted octanol–water partition coefficient (Wildman–Crippen LogP) is 3.70. The maximum Gasteiger partial charge on any atom is 0.255 e. The van der Waals surface area contributed by atoms with Crippen molar-refractivity contribution in [2.75, 3.05) is 5.32 Å². The van der Waals surface area contributed by atoms with Crippen LogP contribution in [0.3, 0.4) is 0 Å². The third kappa shape index (κ3) is 5.16. The number of fused-ring (bicyclic) bond motifs is 1. The van der Waals surface area contributed by atoms with Crippen LogP contribution in [0.4, 0.5) is 5.69 Å². The van der Waals surface area contributed by atoms with Gasteiger partial charge < -0.3 is 16.0 Å². The largest absolute Gasteiger partial charge is 0.380 e. The van der Waals surface area contributed by atoms with Crippen molar-refractivity contribution in [2.45, 2.75) is 71.5 Å². The van der Waals surface area contributed by atoms with Crippen LogP contribution in [-0.4, -0.2) is 44.5 Å². The lowest BCUT2D eigenvalue weighted by Crippen LogP contribution is -2.43. The zero-order valence-corrected chi connectivity index (χ0v) is 19.7. The molecule has 0 bridgehead atoms. The van der Waals surface area contributed by atoms with Crippen LogP contribution in [0.2, 0.25) is 0 Å². The SMILES string of the molecule is CC(=O)NC1CCC(NC(=O)c2cnn3cc(-c4cnccc4C)cc3c2NC(C)C)CC1. The number of nitrogens with one attached hydrogen (secondary N) is 3. The van der Waals surface area contributed by atoms with Gasteiger partial charge in [-0.2, -0.15) is 5.10 Å². The van der Waals surface area contributed by atoms with E-state index in [-0.39, 0.29) is 29.9 Å². The van der Waals surface area contributed by atoms with E-state index in [2.05, 4.69) is 52.9 Å². The van der Waals surface area contributed by atoms with Gasteiger partial charge in [-0.05, 0) is 64.2 Å². The first-order chi connectivity index (χ1) is 15.8. The van der Waals surface area contributed by atoms with Crippen molar-refractivity contribution < 1.29 is 9.59 Å². The first-order valence-electron chi connectivity index (χ1n) is 11.6. The van der Waals surface area contributed by atoms with E-state index in [1.165, 1.54) is 0 Å². The summed E-state index contributed by atoms with van der Waals surface area (Å²) in [6.45, 7) is 7.70. The fourth-order valence-corrected chi connectivity index (χ4v) is 4.52. The van der Waals surface area contributed by atoms with Gasteiger partial charge in [-0.3, -0.25) is 14.6 Å². The lowest BCUT2D eigenvalue weighted by molar-refractivity contribution is -0.119. The van der Waals surface area contributed by atoms with Gasteiger partial charge in [-0.15, -0.1) is 0 Å². The summed E-state index contributed by atoms with van der Waals surface area (Å²) in [5.41, 5.74) is 5.34. The van der Waals surface area contributed by atoms with Gasteiger partial charge in [0.05, 0.1) is 23.0 Å². The predicted molar refractivity (Wildman–Crippen MR) is 129 cm³/mol. The quantitative estimate of drug-likeness (QED) is 0.534. The number of aryl methyl sites for hydroxylation is 1. The van der Waals surface area contributed by atoms with E-state index in [1.54, 1.807) is 19.3 Å². The van der Waals surface area contributed by atoms with Gasteiger partial charge >= 0.3 is 0 Å². The Hall–Kier alpha value is -3.42. The van der Waals surface area contributed by atoms with Crippen molar-refractivity contribution >= 4 is 23.0 Å². The molecule has 8 heteroatoms. The number of rotatable bonds is 6. The summed E-state index contributed by atoms with van der Waals surface area (Å²) in [5, 5.41) is 14.2. The molecule has 8 nitrogen and oxygen atoms in total. The van der Waals surface area contributed by atoms with Crippen molar-refractivity contribution in [3.05, 3.63) is 48.0 Å². The molecule has 0 atom stereocenters. The summed E-state index contributed by atoms with van der Waals surface area (Å²) in [6.07, 6.45) is 10.7. The van der Waals surface area contributed by atoms with Gasteiger partial charge in [0, 0.05) is 54.8 Å². The Kier molecular flexibility index (Phi) is 6.62. The highest BCUT2D eigenvalue weighted by Crippen LogP contribution is 2.30. The van der Waals surface area contributed by atoms with Crippen LogP contribution in [0, 0.1) is 6.92 Å². The Morgan fingerprint density at radius 1 is 1.09 bits per heavy atom. The van der Waals surface area contributed by atoms with Crippen molar-refractivity contribution in [2.24, 2.45) is 0 Å². The summed E-state index contributed by atoms with van der Waals surface area (Å²) in [6, 6.07) is 4.47. The molecule has 1 saturated carbocycles. The minimum atomic E-state index is -0.128. The first kappa shape index (κ1) is 22.8. The average Bonchev–Trinajstić information content (AvgIpc) is 3.19. The second kappa shape index (κ2) is 9.60. The van der Waals surface area contributed by atoms with Crippen molar-refractivity contribution in [1.82, 2.24) is 25.2 Å². The molecule has 0 radical (unpaired) electrons. The number of carbonyl (C=O) groups is 2. The third-order valence-electron chi connectivity index (χ3n) is 6.13. The molecule has 0 aromatic carbocycles. The number of aromatic nitrogens is 3. The Labute approximate surface area is 194 Å². The molecular formula is C25H32N6O2. The van der Waals surface area contributed by atoms with Crippen molar-refractivity contribution in [1.29, 1.82) is 0 Å². The van der Waals surface area contributed by atoms with Crippen LogP contribution < -0.4 is 16.0 Å². The highest BCUT2D eigenvalue weighted by Gasteiger charge is 2.25. The molecule has 0 aliphatic heterocycles. The lowest BCUT2D eigenvalue weighted by atomic mass is 9.91. The smallest absolute Gasteiger partial charge is 0.255 e. The zero-order chi connectivity index (χ0) is 23.5. The van der Waals surface area contributed by atoms with E-state index in [0.29, 0.717) is 5.56 Å². The first-order valence-corrected chi connectivity index (χ1v) is 11.6. The Morgan fingerprint density at radius 3 is 2.42 bits per heavy atom. The monoisotopic (exact) mass is 448 g/mol. The van der Waals surface area contributed by atoms with Crippen LogP contribution in [0.5, 0.6) is 0 Å². The van der Waals surface area contributed by atoms with Crippen molar-refractivity contribution in [3.63, 3.8) is 0 Å². The third-order valence-corrected chi connectivity index (χ3v) is 6.13. The minimum Gasteiger partial charge on any atom is -0.380 e. The number of amides is 2. The highest BCUT2D eigenvalue weighted by atomic mass is 16.2. The molecule has 0 unspecified atom stereocenters. The molecule has 1 fully saturated rings. The number of pyridine rings is 1. The van der Waals surface area contributed by atoms with Crippen LogP contribution in [0.25, 0.3) is 16.6 Å². The zero-order valence-electron chi connectivity index (χ0n) is 19.7. The minimum absolute atomic E-state index is 0.000640. The molecule has 174 valence electrons. The van der Waals surface area contributed by atoms with E-state index < -0.39 is 0 Å². The highest BCUT2D eigenvalue weighted by molar-refractivity contribution is 6.03. The number of carbonyl (C=O) groups excluding carboxylic acids is 2. The van der Waals surface area contributed by atoms with Gasteiger partial charge in [0.2, 0.25) is 5.91 Å². The van der Waals surface area contributed by atoms with Gasteiger partial charge in [0.15, 0.2) is 0 Å². The number of nitrogens with zero attached hydrogens (tertiary/aromatic N) is 3. The van der Waals surface area contributed by atoms with E-state index in [9.17, 15) is 9.59 Å². The fourth-order valence-electron chi connectivity index (χ4n) is 4.52. The summed E-state index contributed by atoms with van der Waals surface area (Å²) in [4.78, 5) is 28.8. The topological polar surface area (TPSA) is 100 Å². The van der Waals surface area contributed by atoms with Gasteiger partial charge in [0.1, 0.15) is 0 Å². The molecule has 3 heterocycles. The lowest BCUT2D eigenvalue weighted by Gasteiger charge is -2.29. The number of hydrogen-bond donors (Lipinski definition) is 3. The second-order valence-electron chi connectivity index (χ2n) is 9.20. The van der Waals surface area contributed by atoms with Crippen molar-refractivity contribution in [3.8, 4) is 11.1 Å². The molecule has 0 spiro atoms. The fraction of sp³-hybridized carbons (Fsp3) is 0.440. The maximum absolute atomic E-state index is 13.3. The Morgan fingerprint density at radius 2 is 1.79 bits per heavy atom. The van der Waals surface area contributed by atoms with E-state index in [0.717, 1.165) is 53.6 Å². The molecule has 1 aliphatic carbocycles. The molecular weight excluding hydrogens is 416 g/mol. The normalized spacial score (nSPS) is 18.3.